The van der Waals surface area contributed by atoms with E-state index in [4.69, 9.17) is 21.8 Å². The Balaban J connectivity index is 1.84. The fourth-order valence-corrected chi connectivity index (χ4v) is 6.39. The van der Waals surface area contributed by atoms with Crippen molar-refractivity contribution in [3.05, 3.63) is 23.8 Å². The van der Waals surface area contributed by atoms with Crippen LogP contribution in [0.4, 0.5) is 0 Å². The van der Waals surface area contributed by atoms with E-state index in [1.54, 1.807) is 13.8 Å². The summed E-state index contributed by atoms with van der Waals surface area (Å²) in [6.45, 7) is 3.41. The van der Waals surface area contributed by atoms with Crippen molar-refractivity contribution in [3.8, 4) is 0 Å². The van der Waals surface area contributed by atoms with E-state index in [0.29, 0.717) is 6.42 Å². The van der Waals surface area contributed by atoms with Gasteiger partial charge in [0.2, 0.25) is 0 Å². The van der Waals surface area contributed by atoms with Crippen LogP contribution in [0.2, 0.25) is 0 Å². The number of fused-ring (bicyclic) bond motifs is 5. The molecule has 0 heterocycles. The number of rotatable bonds is 2. The third-order valence-corrected chi connectivity index (χ3v) is 7.73. The molecule has 4 aliphatic carbocycles. The lowest BCUT2D eigenvalue weighted by atomic mass is 9.46. The van der Waals surface area contributed by atoms with E-state index in [1.807, 2.05) is 0 Å². The molecule has 3 saturated carbocycles. The van der Waals surface area contributed by atoms with Crippen LogP contribution in [0.3, 0.4) is 0 Å². The van der Waals surface area contributed by atoms with Crippen molar-refractivity contribution < 1.29 is 30.0 Å². The molecule has 5 nitrogen and oxygen atoms in total. The van der Waals surface area contributed by atoms with Gasteiger partial charge in [0.1, 0.15) is 0 Å². The zero-order valence-corrected chi connectivity index (χ0v) is 16.2. The van der Waals surface area contributed by atoms with E-state index in [-0.39, 0.29) is 36.8 Å². The van der Waals surface area contributed by atoms with Gasteiger partial charge >= 0.3 is 5.97 Å². The third kappa shape index (κ3) is 2.44. The summed E-state index contributed by atoms with van der Waals surface area (Å²) in [5.74, 6) is -2.93. The highest BCUT2D eigenvalue weighted by molar-refractivity contribution is 6.17. The Morgan fingerprint density at radius 1 is 1.48 bits per heavy atom. The van der Waals surface area contributed by atoms with Gasteiger partial charge in [0.05, 0.1) is 8.85 Å². The predicted molar refractivity (Wildman–Crippen MR) is 99.8 cm³/mol. The summed E-state index contributed by atoms with van der Waals surface area (Å²) in [5, 5.41) is 22.6. The number of ketones is 1. The number of ether oxygens (including phenoxy) is 1. The molecule has 0 bridgehead atoms. The minimum absolute atomic E-state index is 0.0136. The van der Waals surface area contributed by atoms with Crippen molar-refractivity contribution in [2.24, 2.45) is 28.6 Å². The highest BCUT2D eigenvalue weighted by atomic mass is 35.5. The largest absolute Gasteiger partial charge is 0.447 e. The maximum atomic E-state index is 12.6. The van der Waals surface area contributed by atoms with Gasteiger partial charge in [-0.05, 0) is 56.0 Å². The molecule has 3 unspecified atom stereocenters. The van der Waals surface area contributed by atoms with Crippen LogP contribution in [0.1, 0.15) is 51.4 Å². The molecule has 2 N–H and O–H groups in total. The molecule has 7 atom stereocenters. The highest BCUT2D eigenvalue weighted by Crippen LogP contribution is 2.67. The summed E-state index contributed by atoms with van der Waals surface area (Å²) < 4.78 is 38.7. The van der Waals surface area contributed by atoms with Crippen molar-refractivity contribution in [1.29, 1.82) is 0 Å². The van der Waals surface area contributed by atoms with Gasteiger partial charge in [0.15, 0.2) is 17.5 Å². The monoisotopic (exact) mass is 398 g/mol. The van der Waals surface area contributed by atoms with Crippen molar-refractivity contribution in [2.45, 2.75) is 57.6 Å². The minimum atomic E-state index is -2.00. The zero-order chi connectivity index (χ0) is 23.1. The van der Waals surface area contributed by atoms with Crippen LogP contribution in [0.15, 0.2) is 23.8 Å². The van der Waals surface area contributed by atoms with E-state index in [9.17, 15) is 19.8 Å². The Morgan fingerprint density at radius 2 is 2.22 bits per heavy atom. The minimum Gasteiger partial charge on any atom is -0.447 e. The summed E-state index contributed by atoms with van der Waals surface area (Å²) in [4.78, 5) is 24.9. The molecular formula is C21H27ClO5. The maximum absolute atomic E-state index is 12.6. The number of carbonyl (C=O) groups is 2. The highest BCUT2D eigenvalue weighted by Gasteiger charge is 2.68. The lowest BCUT2D eigenvalue weighted by molar-refractivity contribution is -0.195. The van der Waals surface area contributed by atoms with E-state index in [2.05, 4.69) is 0 Å². The lowest BCUT2D eigenvalue weighted by Gasteiger charge is -2.59. The number of aliphatic hydroxyl groups is 2. The van der Waals surface area contributed by atoms with Crippen LogP contribution in [-0.2, 0) is 14.3 Å². The first-order valence-electron chi connectivity index (χ1n) is 11.3. The normalized spacial score (nSPS) is 53.1. The predicted octanol–water partition coefficient (Wildman–Crippen LogP) is 2.74. The summed E-state index contributed by atoms with van der Waals surface area (Å²) in [6.07, 6.45) is -1.09. The van der Waals surface area contributed by atoms with Crippen molar-refractivity contribution in [1.82, 2.24) is 0 Å². The second-order valence-corrected chi connectivity index (χ2v) is 8.92. The van der Waals surface area contributed by atoms with Crippen LogP contribution >= 0.6 is 11.6 Å². The zero-order valence-electron chi connectivity index (χ0n) is 19.4. The fraction of sp³-hybridized carbons (Fsp3) is 0.714. The molecule has 6 heteroatoms. The van der Waals surface area contributed by atoms with Gasteiger partial charge in [-0.25, -0.2) is 4.79 Å². The van der Waals surface area contributed by atoms with E-state index >= 15 is 0 Å². The Kier molecular flexibility index (Phi) is 3.37. The molecule has 27 heavy (non-hydrogen) atoms. The average Bonchev–Trinajstić information content (AvgIpc) is 2.90. The summed E-state index contributed by atoms with van der Waals surface area (Å²) in [5.41, 5.74) is -4.07. The Bertz CT molecular complexity index is 919. The number of hydrogen-bond donors (Lipinski definition) is 2. The molecule has 0 aromatic heterocycles. The van der Waals surface area contributed by atoms with Crippen LogP contribution in [0, 0.1) is 28.6 Å². The van der Waals surface area contributed by atoms with Gasteiger partial charge in [-0.3, -0.25) is 4.79 Å². The van der Waals surface area contributed by atoms with E-state index in [1.165, 1.54) is 6.08 Å². The standard InChI is InChI=1S/C21H27ClO5/c1-19-7-5-13(23)9-12(19)3-4-14-15-6-8-21(26,18(25)27-11-22)20(15,2)10-16(24)17(14)19/h5,7,9,14-17,24,26H,3-4,6,8,10-11H2,1-2H3/t14?,15?,16-,17?,19-,20-,21-/m0/s1/i3D2,5D,9D. The van der Waals surface area contributed by atoms with Gasteiger partial charge in [-0.1, -0.05) is 37.1 Å². The fourth-order valence-electron chi connectivity index (χ4n) is 6.29. The molecule has 0 aromatic carbocycles. The number of hydrogen-bond acceptors (Lipinski definition) is 5. The van der Waals surface area contributed by atoms with E-state index < -0.39 is 64.6 Å². The molecule has 4 rings (SSSR count). The summed E-state index contributed by atoms with van der Waals surface area (Å²) in [7, 11) is 0. The Labute approximate surface area is 170 Å². The molecule has 0 aliphatic heterocycles. The maximum Gasteiger partial charge on any atom is 0.339 e. The molecule has 3 fully saturated rings. The molecule has 0 radical (unpaired) electrons. The van der Waals surface area contributed by atoms with E-state index in [0.717, 1.165) is 0 Å². The Hall–Kier alpha value is -1.17. The first kappa shape index (κ1) is 14.8. The van der Waals surface area contributed by atoms with Crippen LogP contribution in [-0.4, -0.2) is 39.7 Å². The smallest absolute Gasteiger partial charge is 0.339 e. The molecule has 0 amide bonds. The van der Waals surface area contributed by atoms with Gasteiger partial charge in [0.25, 0.3) is 0 Å². The van der Waals surface area contributed by atoms with Crippen LogP contribution < -0.4 is 0 Å². The van der Waals surface area contributed by atoms with Crippen molar-refractivity contribution in [3.63, 3.8) is 0 Å². The van der Waals surface area contributed by atoms with Gasteiger partial charge in [-0.15, -0.1) is 0 Å². The summed E-state index contributed by atoms with van der Waals surface area (Å²) in [6, 6.07) is -1.28. The van der Waals surface area contributed by atoms with Gasteiger partial charge in [-0.2, -0.15) is 0 Å². The van der Waals surface area contributed by atoms with Crippen LogP contribution in [0.5, 0.6) is 0 Å². The molecule has 0 saturated heterocycles. The Morgan fingerprint density at radius 3 is 2.93 bits per heavy atom. The van der Waals surface area contributed by atoms with Gasteiger partial charge in [0, 0.05) is 19.5 Å². The second kappa shape index (κ2) is 6.16. The summed E-state index contributed by atoms with van der Waals surface area (Å²) >= 11 is 5.54. The molecule has 0 aromatic rings. The number of alkyl halides is 1. The molecule has 148 valence electrons. The number of allylic oxidation sites excluding steroid dienone is 4. The van der Waals surface area contributed by atoms with Crippen LogP contribution in [0.25, 0.3) is 0 Å². The molecular weight excluding hydrogens is 368 g/mol. The topological polar surface area (TPSA) is 83.8 Å². The number of aliphatic hydroxyl groups excluding tert-OH is 1. The quantitative estimate of drug-likeness (QED) is 0.552. The first-order valence-corrected chi connectivity index (χ1v) is 9.87. The number of carbonyl (C=O) groups excluding carboxylic acids is 2. The third-order valence-electron chi connectivity index (χ3n) is 7.62. The first-order chi connectivity index (χ1) is 14.2. The van der Waals surface area contributed by atoms with Crippen molar-refractivity contribution >= 4 is 23.4 Å². The molecule has 4 aliphatic rings. The average molecular weight is 399 g/mol. The lowest BCUT2D eigenvalue weighted by Crippen LogP contribution is -2.61. The van der Waals surface area contributed by atoms with Gasteiger partial charge < -0.3 is 14.9 Å². The number of esters is 1. The number of halogens is 1. The molecule has 0 spiro atoms. The SMILES string of the molecule is [2H]C1=C[C@@]2(C)C(=C([2H])C1=O)C([2H])([2H])CC1C2[C@@H](O)C[C@@]2(C)C1CC[C@]2(O)C(=O)OCCl. The second-order valence-electron chi connectivity index (χ2n) is 8.71. The van der Waals surface area contributed by atoms with Crippen molar-refractivity contribution in [2.75, 3.05) is 6.07 Å².